The standard InChI is InChI=1S/C18H22F3NO4S/c1-17(2)16(24)15(22-8-4-3-5-14(22)23)12-9-11(6-7-13(12)26-17)27(25)10-18(19,20)21/h6-7,9,15-16,24H,3-5,8,10H2,1-2H3/t15-,16+,27?/m0/s1. The van der Waals surface area contributed by atoms with Crippen LogP contribution in [0.3, 0.4) is 0 Å². The minimum absolute atomic E-state index is 0.00367. The zero-order chi connectivity index (χ0) is 20.0. The molecule has 1 amide bonds. The Bertz CT molecular complexity index is 765. The number of aliphatic hydroxyl groups is 1. The van der Waals surface area contributed by atoms with Crippen LogP contribution < -0.4 is 4.74 Å². The van der Waals surface area contributed by atoms with E-state index in [0.717, 1.165) is 12.8 Å². The van der Waals surface area contributed by atoms with Crippen molar-refractivity contribution in [1.82, 2.24) is 4.90 Å². The number of hydrogen-bond donors (Lipinski definition) is 1. The average molecular weight is 405 g/mol. The molecule has 0 radical (unpaired) electrons. The summed E-state index contributed by atoms with van der Waals surface area (Å²) in [6.07, 6.45) is -3.72. The number of halogens is 3. The van der Waals surface area contributed by atoms with E-state index in [1.807, 2.05) is 0 Å². The minimum atomic E-state index is -4.55. The van der Waals surface area contributed by atoms with Crippen LogP contribution in [0.1, 0.15) is 44.7 Å². The topological polar surface area (TPSA) is 66.8 Å². The molecule has 0 bridgehead atoms. The van der Waals surface area contributed by atoms with Crippen molar-refractivity contribution >= 4 is 16.7 Å². The van der Waals surface area contributed by atoms with Crippen LogP contribution in [0.5, 0.6) is 5.75 Å². The minimum Gasteiger partial charge on any atom is -0.485 e. The predicted molar refractivity (Wildman–Crippen MR) is 92.8 cm³/mol. The largest absolute Gasteiger partial charge is 0.485 e. The SMILES string of the molecule is CC1(C)Oc2ccc(S(=O)CC(F)(F)F)cc2[C@H](N2CCCCC2=O)[C@H]1O. The summed E-state index contributed by atoms with van der Waals surface area (Å²) in [5, 5.41) is 10.9. The highest BCUT2D eigenvalue weighted by atomic mass is 32.2. The van der Waals surface area contributed by atoms with Crippen molar-refractivity contribution in [2.45, 2.75) is 61.9 Å². The molecule has 0 aliphatic carbocycles. The van der Waals surface area contributed by atoms with Gasteiger partial charge in [0.2, 0.25) is 5.91 Å². The highest BCUT2D eigenvalue weighted by Crippen LogP contribution is 2.44. The van der Waals surface area contributed by atoms with Crippen molar-refractivity contribution in [3.63, 3.8) is 0 Å². The third kappa shape index (κ3) is 4.13. The van der Waals surface area contributed by atoms with E-state index in [1.165, 1.54) is 18.2 Å². The van der Waals surface area contributed by atoms with Crippen LogP contribution in [0, 0.1) is 0 Å². The van der Waals surface area contributed by atoms with E-state index in [9.17, 15) is 27.3 Å². The highest BCUT2D eigenvalue weighted by molar-refractivity contribution is 7.85. The number of piperidine rings is 1. The molecule has 1 aromatic rings. The number of carbonyl (C=O) groups is 1. The van der Waals surface area contributed by atoms with Crippen molar-refractivity contribution in [2.24, 2.45) is 0 Å². The van der Waals surface area contributed by atoms with E-state index in [4.69, 9.17) is 4.74 Å². The van der Waals surface area contributed by atoms with E-state index in [2.05, 4.69) is 0 Å². The first-order chi connectivity index (χ1) is 12.5. The Kier molecular flexibility index (Phi) is 5.28. The van der Waals surface area contributed by atoms with Crippen LogP contribution in [0.4, 0.5) is 13.2 Å². The van der Waals surface area contributed by atoms with Gasteiger partial charge in [-0.25, -0.2) is 0 Å². The predicted octanol–water partition coefficient (Wildman–Crippen LogP) is 2.94. The molecule has 150 valence electrons. The highest BCUT2D eigenvalue weighted by Gasteiger charge is 2.47. The molecular formula is C18H22F3NO4S. The Hall–Kier alpha value is -1.61. The van der Waals surface area contributed by atoms with Crippen LogP contribution in [0.25, 0.3) is 0 Å². The van der Waals surface area contributed by atoms with E-state index >= 15 is 0 Å². The number of carbonyl (C=O) groups excluding carboxylic acids is 1. The summed E-state index contributed by atoms with van der Waals surface area (Å²) in [5.74, 6) is -1.19. The van der Waals surface area contributed by atoms with Gasteiger partial charge in [0.25, 0.3) is 0 Å². The van der Waals surface area contributed by atoms with Crippen LogP contribution in [-0.4, -0.2) is 50.3 Å². The Morgan fingerprint density at radius 1 is 1.33 bits per heavy atom. The fraction of sp³-hybridized carbons (Fsp3) is 0.611. The molecule has 2 heterocycles. The van der Waals surface area contributed by atoms with Crippen molar-refractivity contribution in [3.05, 3.63) is 23.8 Å². The Labute approximate surface area is 157 Å². The molecule has 3 rings (SSSR count). The summed E-state index contributed by atoms with van der Waals surface area (Å²) in [6, 6.07) is 3.42. The van der Waals surface area contributed by atoms with E-state index in [-0.39, 0.29) is 10.8 Å². The number of fused-ring (bicyclic) bond motifs is 1. The lowest BCUT2D eigenvalue weighted by Gasteiger charge is -2.47. The molecule has 27 heavy (non-hydrogen) atoms. The smallest absolute Gasteiger partial charge is 0.400 e. The van der Waals surface area contributed by atoms with Gasteiger partial charge in [0.05, 0.1) is 16.8 Å². The zero-order valence-corrected chi connectivity index (χ0v) is 15.9. The number of aliphatic hydroxyl groups excluding tert-OH is 1. The third-order valence-corrected chi connectivity index (χ3v) is 6.31. The molecule has 0 aromatic heterocycles. The molecule has 0 saturated carbocycles. The van der Waals surface area contributed by atoms with Crippen molar-refractivity contribution in [2.75, 3.05) is 12.3 Å². The molecule has 2 aliphatic heterocycles. The number of ether oxygens (including phenoxy) is 1. The van der Waals surface area contributed by atoms with Crippen LogP contribution in [0.15, 0.2) is 23.1 Å². The van der Waals surface area contributed by atoms with Gasteiger partial charge in [-0.2, -0.15) is 13.2 Å². The van der Waals surface area contributed by atoms with Crippen LogP contribution in [0.2, 0.25) is 0 Å². The van der Waals surface area contributed by atoms with Gasteiger partial charge in [-0.05, 0) is 44.9 Å². The van der Waals surface area contributed by atoms with E-state index in [1.54, 1.807) is 18.7 Å². The van der Waals surface area contributed by atoms with Crippen molar-refractivity contribution < 1.29 is 32.0 Å². The van der Waals surface area contributed by atoms with E-state index < -0.39 is 40.5 Å². The number of rotatable bonds is 3. The second-order valence-electron chi connectivity index (χ2n) is 7.44. The van der Waals surface area contributed by atoms with E-state index in [0.29, 0.717) is 24.3 Å². The summed E-state index contributed by atoms with van der Waals surface area (Å²) >= 11 is 0. The van der Waals surface area contributed by atoms with Gasteiger partial charge in [0.1, 0.15) is 23.2 Å². The van der Waals surface area contributed by atoms with Crippen LogP contribution >= 0.6 is 0 Å². The Morgan fingerprint density at radius 3 is 2.67 bits per heavy atom. The maximum absolute atomic E-state index is 12.6. The average Bonchev–Trinajstić information content (AvgIpc) is 2.55. The van der Waals surface area contributed by atoms with Gasteiger partial charge in [-0.15, -0.1) is 0 Å². The molecule has 1 aromatic carbocycles. The van der Waals surface area contributed by atoms with Crippen LogP contribution in [-0.2, 0) is 15.6 Å². The maximum Gasteiger partial charge on any atom is 0.400 e. The fourth-order valence-corrected chi connectivity index (χ4v) is 4.52. The lowest BCUT2D eigenvalue weighted by Crippen LogP contribution is -2.55. The van der Waals surface area contributed by atoms with Gasteiger partial charge in [-0.1, -0.05) is 0 Å². The maximum atomic E-state index is 12.6. The molecule has 0 spiro atoms. The lowest BCUT2D eigenvalue weighted by atomic mass is 9.84. The molecule has 9 heteroatoms. The molecule has 1 N–H and O–H groups in total. The zero-order valence-electron chi connectivity index (χ0n) is 15.1. The quantitative estimate of drug-likeness (QED) is 0.840. The molecule has 2 aliphatic rings. The number of nitrogens with zero attached hydrogens (tertiary/aromatic N) is 1. The molecule has 3 atom stereocenters. The Morgan fingerprint density at radius 2 is 2.04 bits per heavy atom. The first-order valence-corrected chi connectivity index (χ1v) is 10.1. The first kappa shape index (κ1) is 20.1. The number of alkyl halides is 3. The molecule has 1 saturated heterocycles. The first-order valence-electron chi connectivity index (χ1n) is 8.75. The van der Waals surface area contributed by atoms with Gasteiger partial charge in [0, 0.05) is 23.4 Å². The summed E-state index contributed by atoms with van der Waals surface area (Å²) in [5.41, 5.74) is -0.590. The molecule has 1 fully saturated rings. The summed E-state index contributed by atoms with van der Waals surface area (Å²) in [4.78, 5) is 14.0. The van der Waals surface area contributed by atoms with Crippen molar-refractivity contribution in [1.29, 1.82) is 0 Å². The fourth-order valence-electron chi connectivity index (χ4n) is 3.58. The van der Waals surface area contributed by atoms with Gasteiger partial charge in [0.15, 0.2) is 0 Å². The lowest BCUT2D eigenvalue weighted by molar-refractivity contribution is -0.147. The Balaban J connectivity index is 2.03. The number of benzene rings is 1. The van der Waals surface area contributed by atoms with Gasteiger partial charge in [-0.3, -0.25) is 9.00 Å². The summed E-state index contributed by atoms with van der Waals surface area (Å²) in [6.45, 7) is 3.83. The monoisotopic (exact) mass is 405 g/mol. The number of likely N-dealkylation sites (tertiary alicyclic amines) is 1. The van der Waals surface area contributed by atoms with Gasteiger partial charge < -0.3 is 14.7 Å². The number of amides is 1. The van der Waals surface area contributed by atoms with Gasteiger partial charge >= 0.3 is 6.18 Å². The number of hydrogen-bond acceptors (Lipinski definition) is 4. The summed E-state index contributed by atoms with van der Waals surface area (Å²) < 4.78 is 55.7. The summed E-state index contributed by atoms with van der Waals surface area (Å²) in [7, 11) is -2.28. The molecule has 1 unspecified atom stereocenters. The molecule has 5 nitrogen and oxygen atoms in total. The second kappa shape index (κ2) is 7.09. The third-order valence-electron chi connectivity index (χ3n) is 4.94. The molecular weight excluding hydrogens is 383 g/mol. The normalized spacial score (nSPS) is 26.3. The van der Waals surface area contributed by atoms with Crippen molar-refractivity contribution in [3.8, 4) is 5.75 Å². The second-order valence-corrected chi connectivity index (χ2v) is 8.90.